The van der Waals surface area contributed by atoms with Crippen molar-refractivity contribution in [3.63, 3.8) is 0 Å². The Balaban J connectivity index is 3.36. The van der Waals surface area contributed by atoms with Gasteiger partial charge in [-0.15, -0.1) is 0 Å². The summed E-state index contributed by atoms with van der Waals surface area (Å²) in [5, 5.41) is 8.83. The van der Waals surface area contributed by atoms with Gasteiger partial charge in [0.05, 0.1) is 24.2 Å². The highest BCUT2D eigenvalue weighted by Crippen LogP contribution is 2.39. The van der Waals surface area contributed by atoms with E-state index in [1.165, 1.54) is 13.0 Å². The van der Waals surface area contributed by atoms with Crippen LogP contribution in [0.2, 0.25) is 0 Å². The molecule has 9 heteroatoms. The number of nitriles is 1. The summed E-state index contributed by atoms with van der Waals surface area (Å²) in [5.74, 6) is -2.07. The Bertz CT molecular complexity index is 593. The molecule has 0 heterocycles. The number of benzene rings is 1. The standard InChI is InChI=1S/C13H10F5NO3/c1-2-21-10(20)5-7-3-8(6-19)11(22-12(14)15)9(4-7)13(16,17)18/h3-4,12H,2,5H2,1H3. The highest BCUT2D eigenvalue weighted by molar-refractivity contribution is 5.73. The van der Waals surface area contributed by atoms with Gasteiger partial charge in [-0.1, -0.05) is 0 Å². The first-order chi connectivity index (χ1) is 10.2. The van der Waals surface area contributed by atoms with Crippen LogP contribution in [0.4, 0.5) is 22.0 Å². The maximum absolute atomic E-state index is 12.9. The summed E-state index contributed by atoms with van der Waals surface area (Å²) in [5.41, 5.74) is -2.48. The van der Waals surface area contributed by atoms with Gasteiger partial charge in [-0.3, -0.25) is 4.79 Å². The normalized spacial score (nSPS) is 11.2. The van der Waals surface area contributed by atoms with Gasteiger partial charge in [-0.25, -0.2) is 0 Å². The summed E-state index contributed by atoms with van der Waals surface area (Å²) in [6.45, 7) is -1.98. The number of hydrogen-bond donors (Lipinski definition) is 0. The molecule has 0 unspecified atom stereocenters. The number of halogens is 5. The van der Waals surface area contributed by atoms with Gasteiger partial charge in [0.15, 0.2) is 5.75 Å². The number of hydrogen-bond acceptors (Lipinski definition) is 4. The Hall–Kier alpha value is -2.37. The van der Waals surface area contributed by atoms with Crippen molar-refractivity contribution in [2.75, 3.05) is 6.61 Å². The largest absolute Gasteiger partial charge is 0.466 e. The predicted molar refractivity (Wildman–Crippen MR) is 63.1 cm³/mol. The fourth-order valence-corrected chi connectivity index (χ4v) is 1.68. The van der Waals surface area contributed by atoms with Gasteiger partial charge in [0.25, 0.3) is 0 Å². The molecule has 0 aliphatic heterocycles. The van der Waals surface area contributed by atoms with Crippen LogP contribution < -0.4 is 4.74 Å². The molecule has 4 nitrogen and oxygen atoms in total. The molecule has 0 fully saturated rings. The van der Waals surface area contributed by atoms with Crippen LogP contribution in [0.3, 0.4) is 0 Å². The van der Waals surface area contributed by atoms with Crippen LogP contribution >= 0.6 is 0 Å². The number of carbonyl (C=O) groups excluding carboxylic acids is 1. The lowest BCUT2D eigenvalue weighted by molar-refractivity contribution is -0.144. The molecule has 0 radical (unpaired) electrons. The lowest BCUT2D eigenvalue weighted by Crippen LogP contribution is -2.15. The van der Waals surface area contributed by atoms with Crippen molar-refractivity contribution in [2.24, 2.45) is 0 Å². The van der Waals surface area contributed by atoms with E-state index in [0.29, 0.717) is 6.07 Å². The van der Waals surface area contributed by atoms with E-state index in [9.17, 15) is 26.7 Å². The van der Waals surface area contributed by atoms with Crippen molar-refractivity contribution < 1.29 is 36.2 Å². The van der Waals surface area contributed by atoms with E-state index in [-0.39, 0.29) is 12.2 Å². The maximum Gasteiger partial charge on any atom is 0.420 e. The zero-order chi connectivity index (χ0) is 16.9. The van der Waals surface area contributed by atoms with E-state index in [4.69, 9.17) is 5.26 Å². The topological polar surface area (TPSA) is 59.3 Å². The van der Waals surface area contributed by atoms with Crippen LogP contribution in [0.25, 0.3) is 0 Å². The summed E-state index contributed by atoms with van der Waals surface area (Å²) in [6.07, 6.45) is -5.55. The molecular weight excluding hydrogens is 313 g/mol. The number of rotatable bonds is 5. The van der Waals surface area contributed by atoms with Crippen molar-refractivity contribution in [3.8, 4) is 11.8 Å². The Morgan fingerprint density at radius 1 is 1.36 bits per heavy atom. The second-order valence-electron chi connectivity index (χ2n) is 3.99. The van der Waals surface area contributed by atoms with Crippen molar-refractivity contribution in [1.82, 2.24) is 0 Å². The molecule has 0 spiro atoms. The average molecular weight is 323 g/mol. The molecule has 0 bridgehead atoms. The van der Waals surface area contributed by atoms with E-state index < -0.39 is 42.1 Å². The Morgan fingerprint density at radius 2 is 2.00 bits per heavy atom. The van der Waals surface area contributed by atoms with Crippen LogP contribution in [0.5, 0.6) is 5.75 Å². The molecule has 1 rings (SSSR count). The van der Waals surface area contributed by atoms with Crippen molar-refractivity contribution in [3.05, 3.63) is 28.8 Å². The maximum atomic E-state index is 12.9. The first-order valence-corrected chi connectivity index (χ1v) is 5.93. The number of esters is 1. The molecule has 0 aromatic heterocycles. The zero-order valence-corrected chi connectivity index (χ0v) is 11.2. The van der Waals surface area contributed by atoms with Gasteiger partial charge >= 0.3 is 18.8 Å². The van der Waals surface area contributed by atoms with Gasteiger partial charge in [-0.05, 0) is 24.6 Å². The van der Waals surface area contributed by atoms with Crippen molar-refractivity contribution in [1.29, 1.82) is 5.26 Å². The number of alkyl halides is 5. The summed E-state index contributed by atoms with van der Waals surface area (Å²) in [7, 11) is 0. The first kappa shape index (κ1) is 17.7. The fraction of sp³-hybridized carbons (Fsp3) is 0.385. The summed E-state index contributed by atoms with van der Waals surface area (Å²) < 4.78 is 71.7. The minimum absolute atomic E-state index is 0.0304. The van der Waals surface area contributed by atoms with E-state index in [2.05, 4.69) is 9.47 Å². The molecule has 22 heavy (non-hydrogen) atoms. The molecule has 0 amide bonds. The fourth-order valence-electron chi connectivity index (χ4n) is 1.68. The summed E-state index contributed by atoms with van der Waals surface area (Å²) in [6, 6.07) is 2.71. The quantitative estimate of drug-likeness (QED) is 0.616. The Labute approximate surface area is 122 Å². The Morgan fingerprint density at radius 3 is 2.45 bits per heavy atom. The SMILES string of the molecule is CCOC(=O)Cc1cc(C#N)c(OC(F)F)c(C(F)(F)F)c1. The van der Waals surface area contributed by atoms with Gasteiger partial charge < -0.3 is 9.47 Å². The highest BCUT2D eigenvalue weighted by atomic mass is 19.4. The molecule has 0 aliphatic rings. The lowest BCUT2D eigenvalue weighted by Gasteiger charge is -2.16. The summed E-state index contributed by atoms with van der Waals surface area (Å²) in [4.78, 5) is 11.3. The molecule has 0 atom stereocenters. The van der Waals surface area contributed by atoms with E-state index >= 15 is 0 Å². The molecular formula is C13H10F5NO3. The highest BCUT2D eigenvalue weighted by Gasteiger charge is 2.37. The van der Waals surface area contributed by atoms with E-state index in [1.807, 2.05) is 0 Å². The monoisotopic (exact) mass is 323 g/mol. The second-order valence-corrected chi connectivity index (χ2v) is 3.99. The Kier molecular flexibility index (Phi) is 5.68. The average Bonchev–Trinajstić information content (AvgIpc) is 2.38. The molecule has 1 aromatic carbocycles. The van der Waals surface area contributed by atoms with Gasteiger partial charge in [0.1, 0.15) is 6.07 Å². The number of ether oxygens (including phenoxy) is 2. The smallest absolute Gasteiger partial charge is 0.420 e. The van der Waals surface area contributed by atoms with Gasteiger partial charge in [0, 0.05) is 0 Å². The van der Waals surface area contributed by atoms with Gasteiger partial charge in [0.2, 0.25) is 0 Å². The number of carbonyl (C=O) groups is 1. The predicted octanol–water partition coefficient (Wildman–Crippen LogP) is 3.28. The van der Waals surface area contributed by atoms with Crippen LogP contribution in [-0.4, -0.2) is 19.2 Å². The third kappa shape index (κ3) is 4.58. The zero-order valence-electron chi connectivity index (χ0n) is 11.2. The van der Waals surface area contributed by atoms with Crippen LogP contribution in [0.1, 0.15) is 23.6 Å². The minimum atomic E-state index is -5.03. The third-order valence-corrected chi connectivity index (χ3v) is 2.44. The number of nitrogens with zero attached hydrogens (tertiary/aromatic N) is 1. The molecule has 0 saturated carbocycles. The molecule has 1 aromatic rings. The van der Waals surface area contributed by atoms with Crippen molar-refractivity contribution >= 4 is 5.97 Å². The molecule has 120 valence electrons. The minimum Gasteiger partial charge on any atom is -0.466 e. The molecule has 0 N–H and O–H groups in total. The molecule has 0 saturated heterocycles. The van der Waals surface area contributed by atoms with Crippen molar-refractivity contribution in [2.45, 2.75) is 26.1 Å². The summed E-state index contributed by atoms with van der Waals surface area (Å²) >= 11 is 0. The second kappa shape index (κ2) is 7.06. The van der Waals surface area contributed by atoms with Gasteiger partial charge in [-0.2, -0.15) is 27.2 Å². The van der Waals surface area contributed by atoms with Crippen LogP contribution in [-0.2, 0) is 22.1 Å². The first-order valence-electron chi connectivity index (χ1n) is 5.93. The van der Waals surface area contributed by atoms with E-state index in [1.54, 1.807) is 0 Å². The lowest BCUT2D eigenvalue weighted by atomic mass is 10.0. The molecule has 0 aliphatic carbocycles. The van der Waals surface area contributed by atoms with Crippen LogP contribution in [0.15, 0.2) is 12.1 Å². The van der Waals surface area contributed by atoms with Crippen LogP contribution in [0, 0.1) is 11.3 Å². The van der Waals surface area contributed by atoms with E-state index in [0.717, 1.165) is 6.07 Å². The third-order valence-electron chi connectivity index (χ3n) is 2.44.